The van der Waals surface area contributed by atoms with Gasteiger partial charge in [0, 0.05) is 4.90 Å². The van der Waals surface area contributed by atoms with Crippen LogP contribution in [0.2, 0.25) is 0 Å². The van der Waals surface area contributed by atoms with Gasteiger partial charge in [-0.25, -0.2) is 0 Å². The van der Waals surface area contributed by atoms with Crippen molar-refractivity contribution in [2.75, 3.05) is 20.0 Å². The maximum Gasteiger partial charge on any atom is 0.326 e. The molecule has 1 aliphatic rings. The lowest BCUT2D eigenvalue weighted by Gasteiger charge is -2.28. The monoisotopic (exact) mass is 309 g/mol. The number of nitrogens with two attached hydrogens (primary N) is 1. The third kappa shape index (κ3) is 3.52. The molecule has 0 radical (unpaired) electrons. The minimum atomic E-state index is -0.796. The highest BCUT2D eigenvalue weighted by molar-refractivity contribution is 7.99. The van der Waals surface area contributed by atoms with Gasteiger partial charge in [-0.2, -0.15) is 0 Å². The number of benzene rings is 1. The van der Waals surface area contributed by atoms with Crippen molar-refractivity contribution >= 4 is 17.7 Å². The number of ether oxygens (including phenoxy) is 2. The van der Waals surface area contributed by atoms with E-state index >= 15 is 0 Å². The number of rotatable bonds is 6. The minimum Gasteiger partial charge on any atom is -0.496 e. The maximum atomic E-state index is 11.9. The molecule has 4 nitrogen and oxygen atoms in total. The molecule has 1 saturated carbocycles. The van der Waals surface area contributed by atoms with Crippen LogP contribution in [0.25, 0.3) is 0 Å². The van der Waals surface area contributed by atoms with Crippen LogP contribution >= 0.6 is 11.8 Å². The number of methoxy groups -OCH3 is 2. The van der Waals surface area contributed by atoms with E-state index in [-0.39, 0.29) is 11.9 Å². The summed E-state index contributed by atoms with van der Waals surface area (Å²) in [5.74, 6) is 1.74. The Morgan fingerprint density at radius 1 is 1.43 bits per heavy atom. The predicted molar refractivity (Wildman–Crippen MR) is 84.6 cm³/mol. The van der Waals surface area contributed by atoms with Crippen LogP contribution in [0, 0.1) is 5.92 Å². The molecule has 1 aromatic rings. The molecule has 2 unspecified atom stereocenters. The Labute approximate surface area is 130 Å². The Kier molecular flexibility index (Phi) is 5.53. The Bertz CT molecular complexity index is 494. The molecule has 2 atom stereocenters. The van der Waals surface area contributed by atoms with Gasteiger partial charge in [0.15, 0.2) is 0 Å². The predicted octanol–water partition coefficient (Wildman–Crippen LogP) is 2.85. The molecule has 0 saturated heterocycles. The molecular weight excluding hydrogens is 286 g/mol. The van der Waals surface area contributed by atoms with E-state index in [4.69, 9.17) is 15.2 Å². The molecule has 0 bridgehead atoms. The number of para-hydroxylation sites is 1. The third-order valence-corrected chi connectivity index (χ3v) is 5.32. The fourth-order valence-corrected chi connectivity index (χ4v) is 4.10. The van der Waals surface area contributed by atoms with Crippen LogP contribution in [0.15, 0.2) is 29.2 Å². The minimum absolute atomic E-state index is 0.201. The summed E-state index contributed by atoms with van der Waals surface area (Å²) in [4.78, 5) is 13.0. The Morgan fingerprint density at radius 2 is 2.19 bits per heavy atom. The number of carbonyl (C=O) groups is 1. The van der Waals surface area contributed by atoms with Crippen molar-refractivity contribution in [3.63, 3.8) is 0 Å². The van der Waals surface area contributed by atoms with Crippen LogP contribution in [-0.2, 0) is 9.53 Å². The van der Waals surface area contributed by atoms with Gasteiger partial charge in [-0.15, -0.1) is 11.8 Å². The quantitative estimate of drug-likeness (QED) is 0.647. The van der Waals surface area contributed by atoms with Crippen molar-refractivity contribution < 1.29 is 14.3 Å². The van der Waals surface area contributed by atoms with Gasteiger partial charge in [0.05, 0.1) is 14.2 Å². The Balaban J connectivity index is 1.92. The van der Waals surface area contributed by atoms with E-state index in [9.17, 15) is 4.79 Å². The summed E-state index contributed by atoms with van der Waals surface area (Å²) >= 11 is 1.75. The summed E-state index contributed by atoms with van der Waals surface area (Å²) in [5.41, 5.74) is 5.49. The van der Waals surface area contributed by atoms with E-state index in [1.165, 1.54) is 7.11 Å². The molecular formula is C16H23NO3S. The highest BCUT2D eigenvalue weighted by atomic mass is 32.2. The van der Waals surface area contributed by atoms with E-state index < -0.39 is 5.54 Å². The zero-order chi connectivity index (χ0) is 15.3. The zero-order valence-electron chi connectivity index (χ0n) is 12.6. The van der Waals surface area contributed by atoms with Crippen LogP contribution in [0.5, 0.6) is 5.75 Å². The van der Waals surface area contributed by atoms with Crippen molar-refractivity contribution in [2.24, 2.45) is 11.7 Å². The van der Waals surface area contributed by atoms with Crippen LogP contribution in [0.1, 0.15) is 25.7 Å². The van der Waals surface area contributed by atoms with E-state index in [2.05, 4.69) is 0 Å². The second kappa shape index (κ2) is 7.18. The standard InChI is InChI=1S/C16H23NO3S/c1-19-13-7-3-4-8-14(13)21-11-9-12-6-5-10-16(12,17)15(18)20-2/h3-4,7-8,12H,5-6,9-11,17H2,1-2H3. The molecule has 5 heteroatoms. The average Bonchev–Trinajstić information content (AvgIpc) is 2.89. The first-order valence-electron chi connectivity index (χ1n) is 7.25. The second-order valence-electron chi connectivity index (χ2n) is 5.41. The van der Waals surface area contributed by atoms with Crippen molar-refractivity contribution in [3.05, 3.63) is 24.3 Å². The van der Waals surface area contributed by atoms with Gasteiger partial charge in [-0.3, -0.25) is 4.79 Å². The molecule has 116 valence electrons. The Hall–Kier alpha value is -1.20. The summed E-state index contributed by atoms with van der Waals surface area (Å²) in [7, 11) is 3.09. The first kappa shape index (κ1) is 16.2. The second-order valence-corrected chi connectivity index (χ2v) is 6.55. The number of esters is 1. The summed E-state index contributed by atoms with van der Waals surface area (Å²) in [6, 6.07) is 7.97. The van der Waals surface area contributed by atoms with Gasteiger partial charge < -0.3 is 15.2 Å². The van der Waals surface area contributed by atoms with Gasteiger partial charge >= 0.3 is 5.97 Å². The van der Waals surface area contributed by atoms with Crippen molar-refractivity contribution in [2.45, 2.75) is 36.1 Å². The molecule has 2 N–H and O–H groups in total. The lowest BCUT2D eigenvalue weighted by molar-refractivity contribution is -0.148. The summed E-state index contributed by atoms with van der Waals surface area (Å²) in [5, 5.41) is 0. The first-order chi connectivity index (χ1) is 10.1. The molecule has 0 spiro atoms. The molecule has 1 aromatic carbocycles. The number of hydrogen-bond acceptors (Lipinski definition) is 5. The fourth-order valence-electron chi connectivity index (χ4n) is 3.01. The van der Waals surface area contributed by atoms with E-state index in [0.29, 0.717) is 0 Å². The molecule has 0 aliphatic heterocycles. The first-order valence-corrected chi connectivity index (χ1v) is 8.23. The van der Waals surface area contributed by atoms with Gasteiger partial charge in [-0.05, 0) is 43.1 Å². The molecule has 2 rings (SSSR count). The van der Waals surface area contributed by atoms with Crippen molar-refractivity contribution in [1.82, 2.24) is 0 Å². The number of carbonyl (C=O) groups excluding carboxylic acids is 1. The van der Waals surface area contributed by atoms with Crippen LogP contribution < -0.4 is 10.5 Å². The molecule has 0 heterocycles. The average molecular weight is 309 g/mol. The van der Waals surface area contributed by atoms with E-state index in [0.717, 1.165) is 42.1 Å². The van der Waals surface area contributed by atoms with Crippen molar-refractivity contribution in [3.8, 4) is 5.75 Å². The summed E-state index contributed by atoms with van der Waals surface area (Å²) in [6.07, 6.45) is 3.63. The smallest absolute Gasteiger partial charge is 0.326 e. The maximum absolute atomic E-state index is 11.9. The molecule has 0 aromatic heterocycles. The van der Waals surface area contributed by atoms with Gasteiger partial charge in [0.2, 0.25) is 0 Å². The summed E-state index contributed by atoms with van der Waals surface area (Å²) in [6.45, 7) is 0. The third-order valence-electron chi connectivity index (χ3n) is 4.23. The zero-order valence-corrected chi connectivity index (χ0v) is 13.4. The van der Waals surface area contributed by atoms with Crippen LogP contribution in [0.4, 0.5) is 0 Å². The van der Waals surface area contributed by atoms with Crippen molar-refractivity contribution in [1.29, 1.82) is 0 Å². The van der Waals surface area contributed by atoms with Crippen LogP contribution in [0.3, 0.4) is 0 Å². The largest absolute Gasteiger partial charge is 0.496 e. The normalized spacial score (nSPS) is 24.8. The lowest BCUT2D eigenvalue weighted by atomic mass is 9.86. The van der Waals surface area contributed by atoms with E-state index in [1.807, 2.05) is 24.3 Å². The molecule has 0 amide bonds. The fraction of sp³-hybridized carbons (Fsp3) is 0.562. The molecule has 1 aliphatic carbocycles. The van der Waals surface area contributed by atoms with Crippen LogP contribution in [-0.4, -0.2) is 31.5 Å². The van der Waals surface area contributed by atoms with E-state index in [1.54, 1.807) is 18.9 Å². The molecule has 21 heavy (non-hydrogen) atoms. The number of hydrogen-bond donors (Lipinski definition) is 1. The topological polar surface area (TPSA) is 61.5 Å². The highest BCUT2D eigenvalue weighted by Gasteiger charge is 2.46. The number of thioether (sulfide) groups is 1. The highest BCUT2D eigenvalue weighted by Crippen LogP contribution is 2.39. The van der Waals surface area contributed by atoms with Gasteiger partial charge in [-0.1, -0.05) is 18.6 Å². The SMILES string of the molecule is COC(=O)C1(N)CCCC1CCSc1ccccc1OC. The molecule has 1 fully saturated rings. The van der Waals surface area contributed by atoms with Gasteiger partial charge in [0.1, 0.15) is 11.3 Å². The summed E-state index contributed by atoms with van der Waals surface area (Å²) < 4.78 is 10.2. The lowest BCUT2D eigenvalue weighted by Crippen LogP contribution is -2.51. The van der Waals surface area contributed by atoms with Gasteiger partial charge in [0.25, 0.3) is 0 Å². The Morgan fingerprint density at radius 3 is 2.90 bits per heavy atom.